The third-order valence-corrected chi connectivity index (χ3v) is 2.70. The number of halogens is 2. The van der Waals surface area contributed by atoms with Crippen LogP contribution in [0.3, 0.4) is 0 Å². The van der Waals surface area contributed by atoms with Gasteiger partial charge in [0.05, 0.1) is 4.92 Å². The van der Waals surface area contributed by atoms with Crippen molar-refractivity contribution in [3.05, 3.63) is 38.3 Å². The van der Waals surface area contributed by atoms with E-state index in [0.29, 0.717) is 4.43 Å². The fourth-order valence-corrected chi connectivity index (χ4v) is 1.81. The van der Waals surface area contributed by atoms with Gasteiger partial charge in [0, 0.05) is 20.5 Å². The van der Waals surface area contributed by atoms with Crippen LogP contribution in [0, 0.1) is 10.1 Å². The topological polar surface area (TPSA) is 43.1 Å². The van der Waals surface area contributed by atoms with E-state index >= 15 is 0 Å². The maximum Gasteiger partial charge on any atom is 0.274 e. The van der Waals surface area contributed by atoms with E-state index in [9.17, 15) is 10.1 Å². The molecule has 0 spiro atoms. The van der Waals surface area contributed by atoms with Gasteiger partial charge in [-0.15, -0.1) is 0 Å². The summed E-state index contributed by atoms with van der Waals surface area (Å²) >= 11 is 5.29. The number of alkyl halides is 1. The first-order valence-corrected chi connectivity index (χ1v) is 5.46. The molecule has 0 unspecified atom stereocenters. The predicted molar refractivity (Wildman–Crippen MR) is 58.5 cm³/mol. The van der Waals surface area contributed by atoms with Crippen LogP contribution in [0.2, 0.25) is 0 Å². The van der Waals surface area contributed by atoms with Gasteiger partial charge in [0.15, 0.2) is 0 Å². The first-order chi connectivity index (χ1) is 5.65. The maximum atomic E-state index is 10.5. The number of hydrogen-bond donors (Lipinski definition) is 0. The molecule has 1 aromatic rings. The van der Waals surface area contributed by atoms with E-state index in [1.807, 2.05) is 0 Å². The quantitative estimate of drug-likeness (QED) is 0.358. The molecule has 0 bridgehead atoms. The lowest BCUT2D eigenvalue weighted by Gasteiger charge is -1.98. The highest BCUT2D eigenvalue weighted by Gasteiger charge is 2.11. The van der Waals surface area contributed by atoms with Crippen molar-refractivity contribution in [1.82, 2.24) is 0 Å². The van der Waals surface area contributed by atoms with E-state index < -0.39 is 0 Å². The third kappa shape index (κ3) is 2.16. The van der Waals surface area contributed by atoms with Crippen LogP contribution in [0.25, 0.3) is 0 Å². The fraction of sp³-hybridized carbons (Fsp3) is 0.143. The van der Waals surface area contributed by atoms with E-state index in [-0.39, 0.29) is 10.6 Å². The van der Waals surface area contributed by atoms with Gasteiger partial charge >= 0.3 is 0 Å². The Morgan fingerprint density at radius 2 is 2.25 bits per heavy atom. The van der Waals surface area contributed by atoms with Crippen molar-refractivity contribution >= 4 is 44.2 Å². The summed E-state index contributed by atoms with van der Waals surface area (Å²) in [5.74, 6) is 0. The largest absolute Gasteiger partial charge is 0.274 e. The molecule has 0 aliphatic carbocycles. The summed E-state index contributed by atoms with van der Waals surface area (Å²) in [6.45, 7) is 0. The Morgan fingerprint density at radius 3 is 2.75 bits per heavy atom. The molecule has 64 valence electrons. The number of rotatable bonds is 2. The first-order valence-electron chi connectivity index (χ1n) is 3.14. The van der Waals surface area contributed by atoms with Crippen molar-refractivity contribution in [2.45, 2.75) is 4.43 Å². The van der Waals surface area contributed by atoms with Crippen LogP contribution in [0.1, 0.15) is 5.56 Å². The zero-order valence-electron chi connectivity index (χ0n) is 5.96. The molecule has 0 amide bonds. The van der Waals surface area contributed by atoms with Gasteiger partial charge in [-0.2, -0.15) is 0 Å². The monoisotopic (exact) mass is 341 g/mol. The molecule has 3 nitrogen and oxygen atoms in total. The molecule has 0 atom stereocenters. The Bertz CT molecular complexity index is 316. The number of nitro benzene ring substituents is 1. The van der Waals surface area contributed by atoms with E-state index in [2.05, 4.69) is 38.5 Å². The zero-order chi connectivity index (χ0) is 9.14. The highest BCUT2D eigenvalue weighted by atomic mass is 127. The van der Waals surface area contributed by atoms with Crippen molar-refractivity contribution in [1.29, 1.82) is 0 Å². The molecule has 0 saturated carbocycles. The summed E-state index contributed by atoms with van der Waals surface area (Å²) in [6, 6.07) is 5.09. The van der Waals surface area contributed by atoms with Crippen LogP contribution in [0.15, 0.2) is 22.7 Å². The van der Waals surface area contributed by atoms with Crippen molar-refractivity contribution in [3.63, 3.8) is 0 Å². The molecule has 0 aliphatic heterocycles. The summed E-state index contributed by atoms with van der Waals surface area (Å²) in [7, 11) is 0. The lowest BCUT2D eigenvalue weighted by Crippen LogP contribution is -1.92. The van der Waals surface area contributed by atoms with Gasteiger partial charge < -0.3 is 0 Å². The van der Waals surface area contributed by atoms with Gasteiger partial charge in [-0.05, 0) is 6.07 Å². The van der Waals surface area contributed by atoms with Crippen molar-refractivity contribution in [2.24, 2.45) is 0 Å². The third-order valence-electron chi connectivity index (χ3n) is 1.39. The molecular weight excluding hydrogens is 337 g/mol. The highest BCUT2D eigenvalue weighted by molar-refractivity contribution is 14.1. The summed E-state index contributed by atoms with van der Waals surface area (Å²) in [5, 5.41) is 10.5. The van der Waals surface area contributed by atoms with E-state index in [1.165, 1.54) is 6.07 Å². The summed E-state index contributed by atoms with van der Waals surface area (Å²) < 4.78 is 1.39. The minimum absolute atomic E-state index is 0.179. The van der Waals surface area contributed by atoms with Gasteiger partial charge in [0.2, 0.25) is 0 Å². The van der Waals surface area contributed by atoms with Gasteiger partial charge in [0.1, 0.15) is 0 Å². The lowest BCUT2D eigenvalue weighted by atomic mass is 10.2. The molecular formula is C7H5BrINO2. The Kier molecular flexibility index (Phi) is 3.45. The molecule has 0 heterocycles. The number of nitro groups is 1. The number of nitrogens with zero attached hydrogens (tertiary/aromatic N) is 1. The fourth-order valence-electron chi connectivity index (χ4n) is 0.820. The second-order valence-electron chi connectivity index (χ2n) is 2.16. The lowest BCUT2D eigenvalue weighted by molar-refractivity contribution is -0.385. The molecule has 12 heavy (non-hydrogen) atoms. The standard InChI is InChI=1S/C7H5BrINO2/c8-6-2-1-5(4-9)7(3-6)10(11)12/h1-3H,4H2. The smallest absolute Gasteiger partial charge is 0.258 e. The molecule has 5 heteroatoms. The minimum atomic E-state index is -0.362. The Labute approximate surface area is 91.6 Å². The molecule has 1 rings (SSSR count). The second kappa shape index (κ2) is 4.18. The van der Waals surface area contributed by atoms with Gasteiger partial charge in [0.25, 0.3) is 5.69 Å². The molecule has 0 N–H and O–H groups in total. The van der Waals surface area contributed by atoms with Gasteiger partial charge in [-0.1, -0.05) is 44.6 Å². The van der Waals surface area contributed by atoms with Crippen molar-refractivity contribution in [3.8, 4) is 0 Å². The molecule has 0 aromatic heterocycles. The summed E-state index contributed by atoms with van der Waals surface area (Å²) in [5.41, 5.74) is 0.933. The van der Waals surface area contributed by atoms with Crippen LogP contribution >= 0.6 is 38.5 Å². The number of benzene rings is 1. The Balaban J connectivity index is 3.21. The predicted octanol–water partition coefficient (Wildman–Crippen LogP) is 3.29. The molecule has 1 aromatic carbocycles. The second-order valence-corrected chi connectivity index (χ2v) is 3.84. The van der Waals surface area contributed by atoms with Gasteiger partial charge in [-0.3, -0.25) is 10.1 Å². The number of hydrogen-bond acceptors (Lipinski definition) is 2. The molecule has 0 aliphatic rings. The van der Waals surface area contributed by atoms with E-state index in [4.69, 9.17) is 0 Å². The van der Waals surface area contributed by atoms with Crippen LogP contribution in [0.4, 0.5) is 5.69 Å². The summed E-state index contributed by atoms with van der Waals surface area (Å²) in [6.07, 6.45) is 0. The normalized spacial score (nSPS) is 9.83. The average molecular weight is 342 g/mol. The van der Waals surface area contributed by atoms with Gasteiger partial charge in [-0.25, -0.2) is 0 Å². The first kappa shape index (κ1) is 9.91. The van der Waals surface area contributed by atoms with Crippen LogP contribution in [-0.4, -0.2) is 4.92 Å². The Morgan fingerprint density at radius 1 is 1.58 bits per heavy atom. The van der Waals surface area contributed by atoms with E-state index in [0.717, 1.165) is 10.0 Å². The zero-order valence-corrected chi connectivity index (χ0v) is 9.70. The molecule has 0 radical (unpaired) electrons. The summed E-state index contributed by atoms with van der Waals surface area (Å²) in [4.78, 5) is 10.2. The van der Waals surface area contributed by atoms with Crippen molar-refractivity contribution in [2.75, 3.05) is 0 Å². The van der Waals surface area contributed by atoms with Crippen LogP contribution < -0.4 is 0 Å². The van der Waals surface area contributed by atoms with Crippen molar-refractivity contribution < 1.29 is 4.92 Å². The minimum Gasteiger partial charge on any atom is -0.258 e. The maximum absolute atomic E-state index is 10.5. The molecule has 0 saturated heterocycles. The average Bonchev–Trinajstić information content (AvgIpc) is 2.04. The van der Waals surface area contributed by atoms with Crippen LogP contribution in [0.5, 0.6) is 0 Å². The van der Waals surface area contributed by atoms with E-state index in [1.54, 1.807) is 12.1 Å². The van der Waals surface area contributed by atoms with Crippen LogP contribution in [-0.2, 0) is 4.43 Å². The Hall–Kier alpha value is -0.170. The highest BCUT2D eigenvalue weighted by Crippen LogP contribution is 2.25. The SMILES string of the molecule is O=[N+]([O-])c1cc(Br)ccc1CI. The molecule has 0 fully saturated rings.